The minimum Gasteiger partial charge on any atom is -0.535 e. The molecule has 1 saturated heterocycles. The van der Waals surface area contributed by atoms with Crippen molar-refractivity contribution in [3.63, 3.8) is 0 Å². The molecule has 7 heteroatoms. The molecule has 2 heterocycles. The molecule has 0 radical (unpaired) electrons. The summed E-state index contributed by atoms with van der Waals surface area (Å²) >= 11 is 0. The van der Waals surface area contributed by atoms with Crippen LogP contribution in [0.15, 0.2) is 18.2 Å². The number of benzene rings is 1. The zero-order chi connectivity index (χ0) is 18.0. The predicted octanol–water partition coefficient (Wildman–Crippen LogP) is 1.06. The fraction of sp³-hybridized carbons (Fsp3) is 0.556. The summed E-state index contributed by atoms with van der Waals surface area (Å²) in [6.07, 6.45) is 2.82. The first-order valence-electron chi connectivity index (χ1n) is 8.91. The molecule has 0 aromatic heterocycles. The third-order valence-electron chi connectivity index (χ3n) is 5.03. The Bertz CT molecular complexity index is 666. The lowest BCUT2D eigenvalue weighted by Gasteiger charge is -2.31. The van der Waals surface area contributed by atoms with E-state index in [9.17, 15) is 14.6 Å². The van der Waals surface area contributed by atoms with Gasteiger partial charge in [0.05, 0.1) is 12.1 Å². The van der Waals surface area contributed by atoms with Crippen molar-refractivity contribution in [1.29, 1.82) is 0 Å². The maximum atomic E-state index is 12.4. The minimum atomic E-state index is -1.07. The van der Waals surface area contributed by atoms with E-state index in [-0.39, 0.29) is 29.8 Å². The Balaban J connectivity index is 1.63. The van der Waals surface area contributed by atoms with E-state index in [1.165, 1.54) is 6.92 Å². The van der Waals surface area contributed by atoms with Gasteiger partial charge >= 0.3 is 7.12 Å². The van der Waals surface area contributed by atoms with E-state index in [1.54, 1.807) is 6.07 Å². The van der Waals surface area contributed by atoms with E-state index < -0.39 is 7.12 Å². The average molecular weight is 344 g/mol. The SMILES string of the molecule is CC(=O)c1cccc2c1OB(O)[C@@H](CC(=O)CN1CCC[C@@H](N)C1)C2. The van der Waals surface area contributed by atoms with Crippen molar-refractivity contribution in [3.05, 3.63) is 29.3 Å². The largest absolute Gasteiger partial charge is 0.535 e. The van der Waals surface area contributed by atoms with Crippen molar-refractivity contribution in [3.8, 4) is 5.75 Å². The summed E-state index contributed by atoms with van der Waals surface area (Å²) in [4.78, 5) is 26.2. The molecule has 2 atom stereocenters. The number of piperidine rings is 1. The smallest absolute Gasteiger partial charge is 0.526 e. The van der Waals surface area contributed by atoms with Gasteiger partial charge in [-0.15, -0.1) is 0 Å². The van der Waals surface area contributed by atoms with Gasteiger partial charge in [-0.05, 0) is 44.4 Å². The second kappa shape index (κ2) is 7.68. The Morgan fingerprint density at radius 1 is 1.44 bits per heavy atom. The van der Waals surface area contributed by atoms with Crippen LogP contribution < -0.4 is 10.4 Å². The molecule has 3 N–H and O–H groups in total. The molecule has 2 aliphatic heterocycles. The molecule has 1 aromatic rings. The average Bonchev–Trinajstić information content (AvgIpc) is 2.54. The molecule has 0 spiro atoms. The normalized spacial score (nSPS) is 23.7. The third kappa shape index (κ3) is 4.29. The van der Waals surface area contributed by atoms with E-state index in [1.807, 2.05) is 12.1 Å². The number of para-hydroxylation sites is 1. The van der Waals surface area contributed by atoms with Gasteiger partial charge in [0.25, 0.3) is 0 Å². The van der Waals surface area contributed by atoms with Crippen LogP contribution in [0.5, 0.6) is 5.75 Å². The van der Waals surface area contributed by atoms with Gasteiger partial charge in [-0.2, -0.15) is 0 Å². The minimum absolute atomic E-state index is 0.0907. The van der Waals surface area contributed by atoms with E-state index in [0.717, 1.165) is 31.5 Å². The summed E-state index contributed by atoms with van der Waals surface area (Å²) in [5.74, 6) is 0.154. The molecule has 2 aliphatic rings. The number of Topliss-reactive ketones (excluding diaryl/α,β-unsaturated/α-hetero) is 2. The second-order valence-corrected chi connectivity index (χ2v) is 7.20. The summed E-state index contributed by atoms with van der Waals surface area (Å²) in [6, 6.07) is 5.53. The zero-order valence-corrected chi connectivity index (χ0v) is 14.6. The van der Waals surface area contributed by atoms with Crippen LogP contribution in [0.2, 0.25) is 5.82 Å². The molecular weight excluding hydrogens is 319 g/mol. The molecule has 0 unspecified atom stereocenters. The lowest BCUT2D eigenvalue weighted by molar-refractivity contribution is -0.120. The van der Waals surface area contributed by atoms with Crippen LogP contribution in [0.4, 0.5) is 0 Å². The second-order valence-electron chi connectivity index (χ2n) is 7.20. The van der Waals surface area contributed by atoms with Crippen LogP contribution in [-0.4, -0.2) is 54.3 Å². The highest BCUT2D eigenvalue weighted by Crippen LogP contribution is 2.36. The first-order chi connectivity index (χ1) is 11.9. The Morgan fingerprint density at radius 3 is 2.96 bits per heavy atom. The number of hydrogen-bond acceptors (Lipinski definition) is 6. The highest BCUT2D eigenvalue weighted by molar-refractivity contribution is 6.47. The fourth-order valence-corrected chi connectivity index (χ4v) is 3.78. The molecular formula is C18H25BN2O4. The monoisotopic (exact) mass is 344 g/mol. The molecule has 1 fully saturated rings. The Hall–Kier alpha value is -1.70. The quantitative estimate of drug-likeness (QED) is 0.613. The van der Waals surface area contributed by atoms with E-state index in [4.69, 9.17) is 10.4 Å². The number of hydrogen-bond donors (Lipinski definition) is 2. The summed E-state index contributed by atoms with van der Waals surface area (Å²) in [6.45, 7) is 3.50. The lowest BCUT2D eigenvalue weighted by atomic mass is 9.64. The number of ketones is 2. The summed E-state index contributed by atoms with van der Waals surface area (Å²) in [5, 5.41) is 10.3. The highest BCUT2D eigenvalue weighted by Gasteiger charge is 2.37. The van der Waals surface area contributed by atoms with Crippen molar-refractivity contribution in [2.75, 3.05) is 19.6 Å². The first-order valence-corrected chi connectivity index (χ1v) is 8.91. The van der Waals surface area contributed by atoms with Gasteiger partial charge in [0, 0.05) is 24.8 Å². The maximum absolute atomic E-state index is 12.4. The van der Waals surface area contributed by atoms with E-state index >= 15 is 0 Å². The summed E-state index contributed by atoms with van der Waals surface area (Å²) in [5.41, 5.74) is 7.31. The van der Waals surface area contributed by atoms with Gasteiger partial charge in [0.15, 0.2) is 5.78 Å². The van der Waals surface area contributed by atoms with Crippen molar-refractivity contribution >= 4 is 18.7 Å². The number of nitrogens with two attached hydrogens (primary N) is 1. The third-order valence-corrected chi connectivity index (χ3v) is 5.03. The fourth-order valence-electron chi connectivity index (χ4n) is 3.78. The zero-order valence-electron chi connectivity index (χ0n) is 14.6. The predicted molar refractivity (Wildman–Crippen MR) is 95.8 cm³/mol. The van der Waals surface area contributed by atoms with Crippen LogP contribution in [-0.2, 0) is 11.2 Å². The number of fused-ring (bicyclic) bond motifs is 1. The topological polar surface area (TPSA) is 92.9 Å². The van der Waals surface area contributed by atoms with Gasteiger partial charge in [-0.3, -0.25) is 14.5 Å². The van der Waals surface area contributed by atoms with Gasteiger partial charge in [0.2, 0.25) is 0 Å². The Labute approximate surface area is 148 Å². The van der Waals surface area contributed by atoms with Crippen LogP contribution in [0, 0.1) is 0 Å². The summed E-state index contributed by atoms with van der Waals surface area (Å²) < 4.78 is 5.59. The van der Waals surface area contributed by atoms with Crippen molar-refractivity contribution in [1.82, 2.24) is 4.90 Å². The number of carbonyl (C=O) groups is 2. The molecule has 25 heavy (non-hydrogen) atoms. The Morgan fingerprint density at radius 2 is 2.24 bits per heavy atom. The highest BCUT2D eigenvalue weighted by atomic mass is 16.5. The maximum Gasteiger partial charge on any atom is 0.526 e. The van der Waals surface area contributed by atoms with Crippen LogP contribution in [0.25, 0.3) is 0 Å². The molecule has 1 aromatic carbocycles. The molecule has 6 nitrogen and oxygen atoms in total. The molecule has 134 valence electrons. The number of rotatable bonds is 5. The van der Waals surface area contributed by atoms with E-state index in [2.05, 4.69) is 4.90 Å². The van der Waals surface area contributed by atoms with Gasteiger partial charge < -0.3 is 15.4 Å². The Kier molecular flexibility index (Phi) is 5.56. The van der Waals surface area contributed by atoms with Gasteiger partial charge in [-0.1, -0.05) is 12.1 Å². The van der Waals surface area contributed by atoms with Gasteiger partial charge in [0.1, 0.15) is 11.5 Å². The lowest BCUT2D eigenvalue weighted by Crippen LogP contribution is -2.45. The standard InChI is InChI=1S/C18H25BN2O4/c1-12(22)17-6-2-4-13-8-14(19(24)25-18(13)17)9-16(23)11-21-7-3-5-15(20)10-21/h2,4,6,14-15,24H,3,5,7-11,20H2,1H3/t14-,15-/m1/s1. The van der Waals surface area contributed by atoms with Crippen molar-refractivity contribution in [2.45, 2.75) is 44.5 Å². The molecule has 0 aliphatic carbocycles. The number of nitrogens with zero attached hydrogens (tertiary/aromatic N) is 1. The van der Waals surface area contributed by atoms with E-state index in [0.29, 0.717) is 24.3 Å². The molecule has 0 amide bonds. The summed E-state index contributed by atoms with van der Waals surface area (Å²) in [7, 11) is -1.07. The molecule has 0 saturated carbocycles. The van der Waals surface area contributed by atoms with Crippen molar-refractivity contribution in [2.24, 2.45) is 5.73 Å². The number of likely N-dealkylation sites (tertiary alicyclic amines) is 1. The number of carbonyl (C=O) groups excluding carboxylic acids is 2. The van der Waals surface area contributed by atoms with Crippen LogP contribution in [0.1, 0.15) is 42.1 Å². The van der Waals surface area contributed by atoms with Gasteiger partial charge in [-0.25, -0.2) is 0 Å². The molecule has 3 rings (SSSR count). The van der Waals surface area contributed by atoms with Crippen LogP contribution in [0.3, 0.4) is 0 Å². The van der Waals surface area contributed by atoms with Crippen LogP contribution >= 0.6 is 0 Å². The first kappa shape index (κ1) is 18.1. The molecule has 0 bridgehead atoms. The van der Waals surface area contributed by atoms with Crippen molar-refractivity contribution < 1.29 is 19.3 Å².